The second-order valence-electron chi connectivity index (χ2n) is 5.60. The van der Waals surface area contributed by atoms with E-state index >= 15 is 0 Å². The van der Waals surface area contributed by atoms with Gasteiger partial charge in [0.2, 0.25) is 0 Å². The molecular formula is C12H18O13. The number of aliphatic hydroxyl groups excluding tert-OH is 6. The average molecular weight is 370 g/mol. The van der Waals surface area contributed by atoms with Gasteiger partial charge in [-0.25, -0.2) is 9.59 Å². The van der Waals surface area contributed by atoms with Crippen molar-refractivity contribution in [2.24, 2.45) is 0 Å². The van der Waals surface area contributed by atoms with Crippen molar-refractivity contribution in [2.45, 2.75) is 61.4 Å². The van der Waals surface area contributed by atoms with Gasteiger partial charge in [-0.2, -0.15) is 0 Å². The van der Waals surface area contributed by atoms with Crippen molar-refractivity contribution in [3.63, 3.8) is 0 Å². The van der Waals surface area contributed by atoms with Gasteiger partial charge in [-0.05, 0) is 0 Å². The molecular weight excluding hydrogens is 352 g/mol. The Balaban J connectivity index is 2.14. The highest BCUT2D eigenvalue weighted by molar-refractivity contribution is 5.73. The van der Waals surface area contributed by atoms with E-state index in [4.69, 9.17) is 19.7 Å². The minimum absolute atomic E-state index is 1.66. The standard InChI is InChI=1S/C12H18O13/c13-1-2(14)7(10(20)21)24-12(5(1)17)25-8-4(16)3(15)6(9(18)19)23-11(8)22/h1-8,11-17,22H,(H,18,19)(H,20,21)/t1-,2-,3-,4-,5+,6-,7-,8+,11-,12-/m0/s1. The maximum Gasteiger partial charge on any atom is 0.335 e. The normalized spacial score (nSPS) is 48.1. The van der Waals surface area contributed by atoms with Crippen molar-refractivity contribution >= 4 is 11.9 Å². The summed E-state index contributed by atoms with van der Waals surface area (Å²) in [6.07, 6.45) is -19.8. The summed E-state index contributed by atoms with van der Waals surface area (Å²) < 4.78 is 14.4. The number of hydrogen-bond acceptors (Lipinski definition) is 11. The number of hydrogen-bond donors (Lipinski definition) is 8. The first-order valence-corrected chi connectivity index (χ1v) is 7.06. The molecule has 25 heavy (non-hydrogen) atoms. The first kappa shape index (κ1) is 19.9. The monoisotopic (exact) mass is 370 g/mol. The predicted molar refractivity (Wildman–Crippen MR) is 69.7 cm³/mol. The average Bonchev–Trinajstić information content (AvgIpc) is 2.53. The lowest BCUT2D eigenvalue weighted by molar-refractivity contribution is -0.354. The van der Waals surface area contributed by atoms with Crippen LogP contribution in [0.1, 0.15) is 0 Å². The predicted octanol–water partition coefficient (Wildman–Crippen LogP) is -5.21. The lowest BCUT2D eigenvalue weighted by atomic mass is 9.97. The van der Waals surface area contributed by atoms with Gasteiger partial charge in [0.15, 0.2) is 24.8 Å². The summed E-state index contributed by atoms with van der Waals surface area (Å²) >= 11 is 0. The quantitative estimate of drug-likeness (QED) is 0.232. The number of carboxylic acid groups (broad SMARTS) is 2. The summed E-state index contributed by atoms with van der Waals surface area (Å²) in [4.78, 5) is 21.9. The SMILES string of the molecule is O=C(O)[C@H]1O[C@@H](O[C@@H]2[C@@H](O)[C@H](O)[C@@H](C(=O)O)O[C@@H]2O)[C@H](O)[C@@H](O)[C@@H]1O. The molecule has 0 aromatic carbocycles. The van der Waals surface area contributed by atoms with Crippen LogP contribution in [0.5, 0.6) is 0 Å². The molecule has 13 heteroatoms. The molecule has 2 fully saturated rings. The van der Waals surface area contributed by atoms with Crippen LogP contribution in [-0.4, -0.2) is 114 Å². The van der Waals surface area contributed by atoms with Crippen LogP contribution in [0.2, 0.25) is 0 Å². The van der Waals surface area contributed by atoms with Crippen molar-refractivity contribution in [2.75, 3.05) is 0 Å². The van der Waals surface area contributed by atoms with Crippen LogP contribution in [0.3, 0.4) is 0 Å². The van der Waals surface area contributed by atoms with Crippen molar-refractivity contribution in [1.82, 2.24) is 0 Å². The second-order valence-corrected chi connectivity index (χ2v) is 5.60. The van der Waals surface area contributed by atoms with Gasteiger partial charge in [-0.15, -0.1) is 0 Å². The smallest absolute Gasteiger partial charge is 0.335 e. The second kappa shape index (κ2) is 7.45. The maximum atomic E-state index is 11.0. The summed E-state index contributed by atoms with van der Waals surface area (Å²) in [5, 5.41) is 76.1. The molecule has 8 N–H and O–H groups in total. The molecule has 2 heterocycles. The Bertz CT molecular complexity index is 511. The summed E-state index contributed by atoms with van der Waals surface area (Å²) in [5.41, 5.74) is 0. The van der Waals surface area contributed by atoms with E-state index in [-0.39, 0.29) is 0 Å². The van der Waals surface area contributed by atoms with Crippen molar-refractivity contribution < 1.29 is 64.7 Å². The Morgan fingerprint density at radius 3 is 1.68 bits per heavy atom. The van der Waals surface area contributed by atoms with E-state index in [0.29, 0.717) is 0 Å². The Kier molecular flexibility index (Phi) is 5.93. The Morgan fingerprint density at radius 2 is 1.16 bits per heavy atom. The molecule has 2 aliphatic rings. The third-order valence-corrected chi connectivity index (χ3v) is 3.91. The van der Waals surface area contributed by atoms with Crippen LogP contribution in [0.15, 0.2) is 0 Å². The molecule has 13 nitrogen and oxygen atoms in total. The van der Waals surface area contributed by atoms with Crippen LogP contribution in [0.4, 0.5) is 0 Å². The van der Waals surface area contributed by atoms with Gasteiger partial charge in [0.25, 0.3) is 0 Å². The minimum Gasteiger partial charge on any atom is -0.479 e. The number of carboxylic acids is 2. The summed E-state index contributed by atoms with van der Waals surface area (Å²) in [6, 6.07) is 0. The number of aliphatic hydroxyl groups is 6. The third kappa shape index (κ3) is 3.74. The molecule has 0 saturated carbocycles. The molecule has 10 atom stereocenters. The largest absolute Gasteiger partial charge is 0.479 e. The summed E-state index contributed by atoms with van der Waals surface area (Å²) in [5.74, 6) is -3.35. The highest BCUT2D eigenvalue weighted by Crippen LogP contribution is 2.28. The van der Waals surface area contributed by atoms with Gasteiger partial charge in [0.1, 0.15) is 36.6 Å². The van der Waals surface area contributed by atoms with Gasteiger partial charge in [0, 0.05) is 0 Å². The first-order valence-electron chi connectivity index (χ1n) is 7.06. The molecule has 0 aromatic rings. The number of rotatable bonds is 4. The van der Waals surface area contributed by atoms with E-state index in [1.165, 1.54) is 0 Å². The zero-order valence-electron chi connectivity index (χ0n) is 12.4. The summed E-state index contributed by atoms with van der Waals surface area (Å²) in [6.45, 7) is 0. The molecule has 0 spiro atoms. The number of carbonyl (C=O) groups is 2. The van der Waals surface area contributed by atoms with Gasteiger partial charge in [-0.1, -0.05) is 0 Å². The van der Waals surface area contributed by atoms with E-state index in [0.717, 1.165) is 0 Å². The minimum atomic E-state index is -2.08. The first-order chi connectivity index (χ1) is 11.6. The van der Waals surface area contributed by atoms with E-state index in [1.807, 2.05) is 0 Å². The van der Waals surface area contributed by atoms with Gasteiger partial charge in [0.05, 0.1) is 0 Å². The molecule has 0 unspecified atom stereocenters. The molecule has 0 aliphatic carbocycles. The molecule has 0 bridgehead atoms. The van der Waals surface area contributed by atoms with Crippen molar-refractivity contribution in [3.05, 3.63) is 0 Å². The number of ether oxygens (including phenoxy) is 3. The highest BCUT2D eigenvalue weighted by Gasteiger charge is 2.52. The van der Waals surface area contributed by atoms with E-state index in [9.17, 15) is 40.2 Å². The van der Waals surface area contributed by atoms with Crippen LogP contribution in [-0.2, 0) is 23.8 Å². The molecule has 2 aliphatic heterocycles. The lowest BCUT2D eigenvalue weighted by Gasteiger charge is -2.43. The topological polar surface area (TPSA) is 224 Å². The van der Waals surface area contributed by atoms with E-state index in [1.54, 1.807) is 0 Å². The maximum absolute atomic E-state index is 11.0. The van der Waals surface area contributed by atoms with E-state index < -0.39 is 73.4 Å². The Morgan fingerprint density at radius 1 is 0.680 bits per heavy atom. The third-order valence-electron chi connectivity index (χ3n) is 3.91. The van der Waals surface area contributed by atoms with Crippen LogP contribution < -0.4 is 0 Å². The van der Waals surface area contributed by atoms with Gasteiger partial charge < -0.3 is 55.1 Å². The molecule has 2 rings (SSSR count). The van der Waals surface area contributed by atoms with Crippen LogP contribution in [0.25, 0.3) is 0 Å². The van der Waals surface area contributed by atoms with Crippen LogP contribution >= 0.6 is 0 Å². The molecule has 0 aromatic heterocycles. The zero-order chi connectivity index (χ0) is 19.0. The van der Waals surface area contributed by atoms with Crippen molar-refractivity contribution in [3.8, 4) is 0 Å². The lowest BCUT2D eigenvalue weighted by Crippen LogP contribution is -2.65. The van der Waals surface area contributed by atoms with Gasteiger partial charge >= 0.3 is 11.9 Å². The fraction of sp³-hybridized carbons (Fsp3) is 0.833. The van der Waals surface area contributed by atoms with Crippen LogP contribution in [0, 0.1) is 0 Å². The van der Waals surface area contributed by atoms with E-state index in [2.05, 4.69) is 4.74 Å². The molecule has 0 radical (unpaired) electrons. The number of aliphatic carboxylic acids is 2. The molecule has 144 valence electrons. The fourth-order valence-electron chi connectivity index (χ4n) is 2.52. The highest BCUT2D eigenvalue weighted by atomic mass is 16.7. The Labute approximate surface area is 139 Å². The van der Waals surface area contributed by atoms with Gasteiger partial charge in [-0.3, -0.25) is 0 Å². The molecule has 2 saturated heterocycles. The zero-order valence-corrected chi connectivity index (χ0v) is 12.4. The van der Waals surface area contributed by atoms with Crippen molar-refractivity contribution in [1.29, 1.82) is 0 Å². The fourth-order valence-corrected chi connectivity index (χ4v) is 2.52. The molecule has 0 amide bonds. The Hall–Kier alpha value is -1.42. The summed E-state index contributed by atoms with van der Waals surface area (Å²) in [7, 11) is 0.